The Kier molecular flexibility index (Phi) is 4.84. The molecule has 0 saturated heterocycles. The van der Waals surface area contributed by atoms with Crippen molar-refractivity contribution in [1.29, 1.82) is 0 Å². The molecule has 0 saturated carbocycles. The van der Waals surface area contributed by atoms with Gasteiger partial charge in [-0.2, -0.15) is 0 Å². The van der Waals surface area contributed by atoms with Crippen molar-refractivity contribution in [2.24, 2.45) is 5.28 Å². The van der Waals surface area contributed by atoms with Gasteiger partial charge in [0.15, 0.2) is 10.6 Å². The van der Waals surface area contributed by atoms with Crippen molar-refractivity contribution in [3.63, 3.8) is 0 Å². The van der Waals surface area contributed by atoms with Crippen LogP contribution >= 0.6 is 15.9 Å². The molecule has 0 N–H and O–H groups in total. The van der Waals surface area contributed by atoms with E-state index in [0.717, 1.165) is 7.11 Å². The van der Waals surface area contributed by atoms with Gasteiger partial charge in [0, 0.05) is 0 Å². The number of nitro groups is 2. The fourth-order valence-electron chi connectivity index (χ4n) is 0.659. The first-order valence-electron chi connectivity index (χ1n) is 3.44. The summed E-state index contributed by atoms with van der Waals surface area (Å²) in [5.74, 6) is 0. The van der Waals surface area contributed by atoms with Crippen molar-refractivity contribution in [2.75, 3.05) is 19.0 Å². The second kappa shape index (κ2) is 5.38. The highest BCUT2D eigenvalue weighted by Crippen LogP contribution is 2.15. The van der Waals surface area contributed by atoms with Crippen LogP contribution in [0.5, 0.6) is 0 Å². The molecule has 0 unspecified atom stereocenters. The van der Waals surface area contributed by atoms with E-state index >= 15 is 0 Å². The first-order chi connectivity index (χ1) is 6.90. The molecule has 0 aromatic carbocycles. The van der Waals surface area contributed by atoms with E-state index in [-0.39, 0.29) is 4.86 Å². The molecule has 0 atom stereocenters. The second-order valence-corrected chi connectivity index (χ2v) is 2.97. The normalized spacial score (nSPS) is 12.3. The quantitative estimate of drug-likeness (QED) is 0.170. The van der Waals surface area contributed by atoms with Gasteiger partial charge < -0.3 is 10.0 Å². The molecule has 0 fully saturated rings. The Morgan fingerprint density at radius 2 is 1.80 bits per heavy atom. The lowest BCUT2D eigenvalue weighted by atomic mass is 10.2. The van der Waals surface area contributed by atoms with Crippen molar-refractivity contribution in [2.45, 2.75) is 5.66 Å². The zero-order valence-corrected chi connectivity index (χ0v) is 9.12. The predicted molar refractivity (Wildman–Crippen MR) is 48.4 cm³/mol. The number of halogens is 1. The third-order valence-electron chi connectivity index (χ3n) is 1.45. The lowest BCUT2D eigenvalue weighted by Crippen LogP contribution is -2.53. The highest BCUT2D eigenvalue weighted by Gasteiger charge is 2.60. The molecule has 0 spiro atoms. The lowest BCUT2D eigenvalue weighted by Gasteiger charge is -2.11. The molecule has 10 nitrogen and oxygen atoms in total. The highest BCUT2D eigenvalue weighted by molar-refractivity contribution is 9.09. The molecular formula is C4H7BrN4O6. The SMILES string of the molecule is CO/N=[N+](\[O-])CC(CBr)([N+](=O)[O-])[N+](=O)[O-]. The number of hydrogen-bond donors (Lipinski definition) is 0. The molecule has 11 heteroatoms. The van der Waals surface area contributed by atoms with Gasteiger partial charge in [-0.3, -0.25) is 20.2 Å². The van der Waals surface area contributed by atoms with Crippen LogP contribution in [0.2, 0.25) is 0 Å². The maximum atomic E-state index is 10.8. The third-order valence-corrected chi connectivity index (χ3v) is 2.35. The fraction of sp³-hybridized carbons (Fsp3) is 1.00. The topological polar surface area (TPSA) is 134 Å². The standard InChI is InChI=1S/C4H7BrN4O6/c1-15-6-7(10)3-4(2-5,8(11)12)9(13)14/h2-3H2,1H3/b7-6-. The summed E-state index contributed by atoms with van der Waals surface area (Å²) in [6, 6.07) is 0. The Balaban J connectivity index is 5.03. The first kappa shape index (κ1) is 13.5. The van der Waals surface area contributed by atoms with Crippen molar-refractivity contribution in [3.8, 4) is 0 Å². The van der Waals surface area contributed by atoms with Gasteiger partial charge in [-0.1, -0.05) is 15.9 Å². The molecule has 0 radical (unpaired) electrons. The zero-order chi connectivity index (χ0) is 12.1. The van der Waals surface area contributed by atoms with Gasteiger partial charge in [0.1, 0.15) is 17.0 Å². The van der Waals surface area contributed by atoms with Gasteiger partial charge in [-0.25, -0.2) is 0 Å². The monoisotopic (exact) mass is 286 g/mol. The molecule has 0 bridgehead atoms. The molecule has 0 aromatic rings. The molecule has 0 rings (SSSR count). The molecule has 0 aromatic heterocycles. The summed E-state index contributed by atoms with van der Waals surface area (Å²) in [5.41, 5.74) is -2.64. The molecule has 0 aliphatic heterocycles. The predicted octanol–water partition coefficient (Wildman–Crippen LogP) is 0.155. The average molecular weight is 287 g/mol. The average Bonchev–Trinajstić information content (AvgIpc) is 2.13. The number of hydroxylamine groups is 1. The minimum Gasteiger partial charge on any atom is -0.597 e. The maximum Gasteiger partial charge on any atom is 0.527 e. The number of hydrogen-bond acceptors (Lipinski definition) is 7. The zero-order valence-electron chi connectivity index (χ0n) is 7.53. The van der Waals surface area contributed by atoms with Crippen LogP contribution in [0.4, 0.5) is 0 Å². The number of alkyl halides is 1. The molecular weight excluding hydrogens is 280 g/mol. The summed E-state index contributed by atoms with van der Waals surface area (Å²) in [5, 5.41) is 34.0. The van der Waals surface area contributed by atoms with E-state index in [9.17, 15) is 25.4 Å². The van der Waals surface area contributed by atoms with Crippen LogP contribution < -0.4 is 0 Å². The second-order valence-electron chi connectivity index (χ2n) is 2.40. The van der Waals surface area contributed by atoms with Crippen LogP contribution in [-0.2, 0) is 4.84 Å². The molecule has 15 heavy (non-hydrogen) atoms. The van der Waals surface area contributed by atoms with E-state index in [1.165, 1.54) is 0 Å². The molecule has 86 valence electrons. The summed E-state index contributed by atoms with van der Waals surface area (Å²) in [4.78, 5) is 22.5. The van der Waals surface area contributed by atoms with Crippen LogP contribution in [0.25, 0.3) is 0 Å². The fourth-order valence-corrected chi connectivity index (χ4v) is 1.25. The van der Waals surface area contributed by atoms with Gasteiger partial charge in [0.05, 0.1) is 0 Å². The Labute approximate surface area is 91.5 Å². The van der Waals surface area contributed by atoms with Crippen LogP contribution in [0.1, 0.15) is 0 Å². The maximum absolute atomic E-state index is 10.8. The van der Waals surface area contributed by atoms with Gasteiger partial charge in [-0.05, 0) is 4.86 Å². The molecule has 0 aliphatic carbocycles. The Morgan fingerprint density at radius 3 is 2.07 bits per heavy atom. The third kappa shape index (κ3) is 2.97. The summed E-state index contributed by atoms with van der Waals surface area (Å²) in [6.07, 6.45) is 0. The minimum atomic E-state index is -2.64. The minimum absolute atomic E-state index is 0.257. The van der Waals surface area contributed by atoms with Crippen molar-refractivity contribution < 1.29 is 19.5 Å². The van der Waals surface area contributed by atoms with Crippen LogP contribution in [-0.4, -0.2) is 39.4 Å². The molecule has 0 heterocycles. The van der Waals surface area contributed by atoms with Gasteiger partial charge in [-0.15, -0.1) is 0 Å². The molecule has 0 aliphatic rings. The van der Waals surface area contributed by atoms with Crippen molar-refractivity contribution >= 4 is 15.9 Å². The highest BCUT2D eigenvalue weighted by atomic mass is 79.9. The summed E-state index contributed by atoms with van der Waals surface area (Å²) >= 11 is 2.62. The molecule has 0 amide bonds. The van der Waals surface area contributed by atoms with Gasteiger partial charge in [0.25, 0.3) is 0 Å². The Bertz CT molecular complexity index is 279. The number of rotatable bonds is 6. The van der Waals surface area contributed by atoms with Gasteiger partial charge in [0.2, 0.25) is 0 Å². The van der Waals surface area contributed by atoms with Crippen molar-refractivity contribution in [3.05, 3.63) is 25.4 Å². The summed E-state index contributed by atoms with van der Waals surface area (Å²) < 4.78 is 0. The van der Waals surface area contributed by atoms with Crippen molar-refractivity contribution in [1.82, 2.24) is 0 Å². The van der Waals surface area contributed by atoms with E-state index in [0.29, 0.717) is 0 Å². The number of nitrogens with zero attached hydrogens (tertiary/aromatic N) is 4. The van der Waals surface area contributed by atoms with E-state index in [2.05, 4.69) is 26.0 Å². The van der Waals surface area contributed by atoms with E-state index in [4.69, 9.17) is 0 Å². The lowest BCUT2D eigenvalue weighted by molar-refractivity contribution is -0.819. The smallest absolute Gasteiger partial charge is 0.527 e. The van der Waals surface area contributed by atoms with E-state index in [1.54, 1.807) is 0 Å². The van der Waals surface area contributed by atoms with Crippen LogP contribution in [0.15, 0.2) is 5.28 Å². The Morgan fingerprint density at radius 1 is 1.33 bits per heavy atom. The van der Waals surface area contributed by atoms with E-state index in [1.807, 2.05) is 0 Å². The first-order valence-corrected chi connectivity index (χ1v) is 4.56. The largest absolute Gasteiger partial charge is 0.597 e. The van der Waals surface area contributed by atoms with Crippen LogP contribution in [0.3, 0.4) is 0 Å². The van der Waals surface area contributed by atoms with Gasteiger partial charge >= 0.3 is 12.2 Å². The Hall–Kier alpha value is -1.52. The van der Waals surface area contributed by atoms with Crippen LogP contribution in [0, 0.1) is 25.4 Å². The van der Waals surface area contributed by atoms with E-state index < -0.39 is 27.4 Å². The summed E-state index contributed by atoms with van der Waals surface area (Å²) in [6.45, 7) is -1.05. The summed E-state index contributed by atoms with van der Waals surface area (Å²) in [7, 11) is 1.04.